The van der Waals surface area contributed by atoms with E-state index in [1.165, 1.54) is 18.2 Å². The molecule has 0 radical (unpaired) electrons. The lowest BCUT2D eigenvalue weighted by Crippen LogP contribution is -2.30. The molecule has 6 heteroatoms. The number of carbonyl (C=O) groups is 1. The molecular formula is C12H13FN4O. The lowest BCUT2D eigenvalue weighted by molar-refractivity contribution is 0.0953. The van der Waals surface area contributed by atoms with Gasteiger partial charge in [-0.3, -0.25) is 14.9 Å². The topological polar surface area (TPSA) is 72.9 Å². The summed E-state index contributed by atoms with van der Waals surface area (Å²) >= 11 is 0. The highest BCUT2D eigenvalue weighted by atomic mass is 19.1. The number of aryl methyl sites for hydroxylation is 1. The largest absolute Gasteiger partial charge is 0.290 e. The summed E-state index contributed by atoms with van der Waals surface area (Å²) in [5.74, 6) is 4.21. The zero-order chi connectivity index (χ0) is 13.1. The molecule has 1 heterocycles. The molecule has 1 aromatic carbocycles. The van der Waals surface area contributed by atoms with Crippen molar-refractivity contribution in [2.75, 3.05) is 0 Å². The Kier molecular flexibility index (Phi) is 3.38. The van der Waals surface area contributed by atoms with Crippen LogP contribution >= 0.6 is 0 Å². The first-order chi connectivity index (χ1) is 8.60. The Labute approximate surface area is 103 Å². The highest BCUT2D eigenvalue weighted by molar-refractivity contribution is 5.93. The second kappa shape index (κ2) is 4.97. The molecule has 0 saturated carbocycles. The van der Waals surface area contributed by atoms with Gasteiger partial charge in [-0.05, 0) is 30.7 Å². The molecule has 94 valence electrons. The van der Waals surface area contributed by atoms with E-state index in [2.05, 4.69) is 5.10 Å². The smallest absolute Gasteiger partial charge is 0.265 e. The van der Waals surface area contributed by atoms with Gasteiger partial charge in [0.05, 0.1) is 12.7 Å². The number of rotatable bonds is 3. The highest BCUT2D eigenvalue weighted by Gasteiger charge is 2.09. The number of nitrogens with one attached hydrogen (secondary N) is 1. The van der Waals surface area contributed by atoms with E-state index >= 15 is 0 Å². The summed E-state index contributed by atoms with van der Waals surface area (Å²) in [6.45, 7) is 2.17. The van der Waals surface area contributed by atoms with E-state index in [1.54, 1.807) is 17.1 Å². The second-order valence-corrected chi connectivity index (χ2v) is 3.99. The van der Waals surface area contributed by atoms with E-state index < -0.39 is 5.91 Å². The molecule has 0 bridgehead atoms. The summed E-state index contributed by atoms with van der Waals surface area (Å²) in [7, 11) is 0. The minimum absolute atomic E-state index is 0.269. The van der Waals surface area contributed by atoms with E-state index in [0.29, 0.717) is 11.1 Å². The molecule has 0 saturated heterocycles. The third kappa shape index (κ3) is 2.54. The number of aromatic nitrogens is 2. The molecule has 5 nitrogen and oxygen atoms in total. The standard InChI is InChI=1S/C12H13FN4O/c1-8-5-15-17(6-8)7-10-4-9(12(18)16-14)2-3-11(10)13/h2-6H,7,14H2,1H3,(H,16,18). The predicted molar refractivity (Wildman–Crippen MR) is 64.1 cm³/mol. The summed E-state index contributed by atoms with van der Waals surface area (Å²) in [5, 5.41) is 4.07. The molecular weight excluding hydrogens is 235 g/mol. The maximum Gasteiger partial charge on any atom is 0.265 e. The number of amides is 1. The van der Waals surface area contributed by atoms with Gasteiger partial charge in [0, 0.05) is 17.3 Å². The molecule has 2 rings (SSSR count). The molecule has 0 atom stereocenters. The fourth-order valence-electron chi connectivity index (χ4n) is 1.65. The van der Waals surface area contributed by atoms with Crippen molar-refractivity contribution in [3.05, 3.63) is 53.1 Å². The Morgan fingerprint density at radius 3 is 2.94 bits per heavy atom. The lowest BCUT2D eigenvalue weighted by atomic mass is 10.1. The normalized spacial score (nSPS) is 10.4. The van der Waals surface area contributed by atoms with E-state index in [9.17, 15) is 9.18 Å². The van der Waals surface area contributed by atoms with Gasteiger partial charge in [-0.1, -0.05) is 0 Å². The maximum absolute atomic E-state index is 13.6. The average Bonchev–Trinajstić information content (AvgIpc) is 2.76. The van der Waals surface area contributed by atoms with Crippen molar-refractivity contribution in [2.24, 2.45) is 5.84 Å². The number of nitrogens with two attached hydrogens (primary N) is 1. The van der Waals surface area contributed by atoms with E-state index in [0.717, 1.165) is 5.56 Å². The zero-order valence-corrected chi connectivity index (χ0v) is 9.85. The van der Waals surface area contributed by atoms with Crippen molar-refractivity contribution < 1.29 is 9.18 Å². The van der Waals surface area contributed by atoms with Gasteiger partial charge in [0.15, 0.2) is 0 Å². The SMILES string of the molecule is Cc1cnn(Cc2cc(C(=O)NN)ccc2F)c1. The molecule has 0 aliphatic heterocycles. The number of halogens is 1. The van der Waals surface area contributed by atoms with Crippen LogP contribution in [0.3, 0.4) is 0 Å². The molecule has 1 amide bonds. The summed E-state index contributed by atoms with van der Waals surface area (Å²) in [4.78, 5) is 11.4. The number of carbonyl (C=O) groups excluding carboxylic acids is 1. The highest BCUT2D eigenvalue weighted by Crippen LogP contribution is 2.12. The molecule has 0 unspecified atom stereocenters. The van der Waals surface area contributed by atoms with Crippen LogP contribution in [0.1, 0.15) is 21.5 Å². The van der Waals surface area contributed by atoms with Crippen molar-refractivity contribution >= 4 is 5.91 Å². The number of hydrogen-bond acceptors (Lipinski definition) is 3. The number of hydrazine groups is 1. The van der Waals surface area contributed by atoms with Crippen molar-refractivity contribution in [3.8, 4) is 0 Å². The van der Waals surface area contributed by atoms with Crippen LogP contribution in [0.4, 0.5) is 4.39 Å². The van der Waals surface area contributed by atoms with Crippen molar-refractivity contribution in [1.29, 1.82) is 0 Å². The van der Waals surface area contributed by atoms with Crippen LogP contribution in [0.25, 0.3) is 0 Å². The summed E-state index contributed by atoms with van der Waals surface area (Å²) in [6, 6.07) is 4.10. The van der Waals surface area contributed by atoms with Crippen molar-refractivity contribution in [3.63, 3.8) is 0 Å². The Morgan fingerprint density at radius 1 is 1.56 bits per heavy atom. The Bertz CT molecular complexity index is 579. The van der Waals surface area contributed by atoms with E-state index in [4.69, 9.17) is 5.84 Å². The molecule has 0 fully saturated rings. The third-order valence-corrected chi connectivity index (χ3v) is 2.53. The molecule has 3 N–H and O–H groups in total. The van der Waals surface area contributed by atoms with Gasteiger partial charge in [0.2, 0.25) is 0 Å². The first-order valence-corrected chi connectivity index (χ1v) is 5.38. The monoisotopic (exact) mass is 248 g/mol. The van der Waals surface area contributed by atoms with Crippen LogP contribution in [0, 0.1) is 12.7 Å². The molecule has 18 heavy (non-hydrogen) atoms. The van der Waals surface area contributed by atoms with Gasteiger partial charge in [-0.15, -0.1) is 0 Å². The number of benzene rings is 1. The average molecular weight is 248 g/mol. The molecule has 0 spiro atoms. The van der Waals surface area contributed by atoms with Gasteiger partial charge in [-0.2, -0.15) is 5.10 Å². The van der Waals surface area contributed by atoms with Crippen LogP contribution in [-0.2, 0) is 6.54 Å². The van der Waals surface area contributed by atoms with Gasteiger partial charge in [-0.25, -0.2) is 10.2 Å². The van der Waals surface area contributed by atoms with Crippen LogP contribution in [0.5, 0.6) is 0 Å². The summed E-state index contributed by atoms with van der Waals surface area (Å²) in [5.41, 5.74) is 3.71. The third-order valence-electron chi connectivity index (χ3n) is 2.53. The number of nitrogens with zero attached hydrogens (tertiary/aromatic N) is 2. The van der Waals surface area contributed by atoms with Gasteiger partial charge >= 0.3 is 0 Å². The first kappa shape index (κ1) is 12.3. The number of nitrogen functional groups attached to an aromatic ring is 1. The molecule has 0 aliphatic rings. The Balaban J connectivity index is 2.29. The van der Waals surface area contributed by atoms with Crippen molar-refractivity contribution in [1.82, 2.24) is 15.2 Å². The van der Waals surface area contributed by atoms with E-state index in [-0.39, 0.29) is 12.4 Å². The first-order valence-electron chi connectivity index (χ1n) is 5.38. The maximum atomic E-state index is 13.6. The lowest BCUT2D eigenvalue weighted by Gasteiger charge is -2.06. The zero-order valence-electron chi connectivity index (χ0n) is 9.85. The van der Waals surface area contributed by atoms with Crippen molar-refractivity contribution in [2.45, 2.75) is 13.5 Å². The van der Waals surface area contributed by atoms with Gasteiger partial charge in [0.25, 0.3) is 5.91 Å². The quantitative estimate of drug-likeness (QED) is 0.483. The molecule has 1 aromatic heterocycles. The minimum Gasteiger partial charge on any atom is -0.290 e. The molecule has 2 aromatic rings. The predicted octanol–water partition coefficient (Wildman–Crippen LogP) is 0.982. The Morgan fingerprint density at radius 2 is 2.33 bits per heavy atom. The number of hydrogen-bond donors (Lipinski definition) is 2. The summed E-state index contributed by atoms with van der Waals surface area (Å²) in [6.07, 6.45) is 3.49. The second-order valence-electron chi connectivity index (χ2n) is 3.99. The fourth-order valence-corrected chi connectivity index (χ4v) is 1.65. The van der Waals surface area contributed by atoms with E-state index in [1.807, 2.05) is 12.3 Å². The fraction of sp³-hybridized carbons (Fsp3) is 0.167. The Hall–Kier alpha value is -2.21. The van der Waals surface area contributed by atoms with Crippen LogP contribution < -0.4 is 11.3 Å². The van der Waals surface area contributed by atoms with Gasteiger partial charge in [0.1, 0.15) is 5.82 Å². The van der Waals surface area contributed by atoms with Gasteiger partial charge < -0.3 is 0 Å². The molecule has 0 aliphatic carbocycles. The minimum atomic E-state index is -0.451. The van der Waals surface area contributed by atoms with Crippen LogP contribution in [0.15, 0.2) is 30.6 Å². The van der Waals surface area contributed by atoms with Crippen LogP contribution in [-0.4, -0.2) is 15.7 Å². The van der Waals surface area contributed by atoms with Crippen LogP contribution in [0.2, 0.25) is 0 Å². The summed E-state index contributed by atoms with van der Waals surface area (Å²) < 4.78 is 15.2.